The van der Waals surface area contributed by atoms with E-state index in [1.54, 1.807) is 12.0 Å². The van der Waals surface area contributed by atoms with Crippen LogP contribution in [0, 0.1) is 0 Å². The van der Waals surface area contributed by atoms with E-state index in [2.05, 4.69) is 10.6 Å². The fourth-order valence-electron chi connectivity index (χ4n) is 2.62. The van der Waals surface area contributed by atoms with Crippen molar-refractivity contribution in [1.82, 2.24) is 15.5 Å². The highest BCUT2D eigenvalue weighted by Gasteiger charge is 2.13. The SMILES string of the molecule is CCN(Cc1ccccc1)C(=O)CNC(=O)NCCc1ccc(OC)cc1. The highest BCUT2D eigenvalue weighted by molar-refractivity contribution is 5.83. The molecule has 2 N–H and O–H groups in total. The number of amides is 3. The smallest absolute Gasteiger partial charge is 0.315 e. The zero-order valence-corrected chi connectivity index (χ0v) is 15.9. The van der Waals surface area contributed by atoms with Crippen molar-refractivity contribution in [2.75, 3.05) is 26.7 Å². The van der Waals surface area contributed by atoms with Gasteiger partial charge in [-0.05, 0) is 36.6 Å². The lowest BCUT2D eigenvalue weighted by molar-refractivity contribution is -0.130. The number of benzene rings is 2. The first kappa shape index (κ1) is 20.3. The normalized spacial score (nSPS) is 10.1. The van der Waals surface area contributed by atoms with Crippen LogP contribution in [0.5, 0.6) is 5.75 Å². The number of carbonyl (C=O) groups is 2. The Balaban J connectivity index is 1.69. The van der Waals surface area contributed by atoms with Gasteiger partial charge in [0.05, 0.1) is 13.7 Å². The minimum absolute atomic E-state index is 0.0188. The summed E-state index contributed by atoms with van der Waals surface area (Å²) in [6, 6.07) is 17.2. The Labute approximate surface area is 160 Å². The van der Waals surface area contributed by atoms with Crippen LogP contribution in [0.25, 0.3) is 0 Å². The maximum absolute atomic E-state index is 12.3. The molecule has 0 aromatic heterocycles. The Kier molecular flexibility index (Phi) is 8.16. The molecule has 0 saturated carbocycles. The molecule has 3 amide bonds. The lowest BCUT2D eigenvalue weighted by Gasteiger charge is -2.21. The third-order valence-corrected chi connectivity index (χ3v) is 4.21. The molecule has 0 aliphatic heterocycles. The van der Waals surface area contributed by atoms with Crippen LogP contribution < -0.4 is 15.4 Å². The van der Waals surface area contributed by atoms with Gasteiger partial charge in [-0.3, -0.25) is 4.79 Å². The zero-order chi connectivity index (χ0) is 19.5. The summed E-state index contributed by atoms with van der Waals surface area (Å²) in [5.41, 5.74) is 2.17. The molecule has 0 fully saturated rings. The lowest BCUT2D eigenvalue weighted by Crippen LogP contribution is -2.44. The van der Waals surface area contributed by atoms with E-state index in [1.807, 2.05) is 61.5 Å². The summed E-state index contributed by atoms with van der Waals surface area (Å²) >= 11 is 0. The van der Waals surface area contributed by atoms with Gasteiger partial charge in [0.25, 0.3) is 0 Å². The monoisotopic (exact) mass is 369 g/mol. The molecule has 27 heavy (non-hydrogen) atoms. The van der Waals surface area contributed by atoms with Crippen molar-refractivity contribution in [3.05, 3.63) is 65.7 Å². The molecule has 0 saturated heterocycles. The van der Waals surface area contributed by atoms with Crippen molar-refractivity contribution in [3.8, 4) is 5.75 Å². The van der Waals surface area contributed by atoms with Crippen molar-refractivity contribution in [2.24, 2.45) is 0 Å². The standard InChI is InChI=1S/C21H27N3O3/c1-3-24(16-18-7-5-4-6-8-18)20(25)15-23-21(26)22-14-13-17-9-11-19(27-2)12-10-17/h4-12H,3,13-16H2,1-2H3,(H2,22,23,26). The summed E-state index contributed by atoms with van der Waals surface area (Å²) in [6.45, 7) is 3.53. The summed E-state index contributed by atoms with van der Waals surface area (Å²) in [6.07, 6.45) is 0.709. The summed E-state index contributed by atoms with van der Waals surface area (Å²) in [7, 11) is 1.63. The second-order valence-electron chi connectivity index (χ2n) is 6.10. The third kappa shape index (κ3) is 7.01. The van der Waals surface area contributed by atoms with Crippen LogP contribution in [-0.4, -0.2) is 43.6 Å². The predicted octanol–water partition coefficient (Wildman–Crippen LogP) is 2.59. The van der Waals surface area contributed by atoms with Gasteiger partial charge in [-0.15, -0.1) is 0 Å². The summed E-state index contributed by atoms with van der Waals surface area (Å²) in [5, 5.41) is 5.40. The highest BCUT2D eigenvalue weighted by Crippen LogP contribution is 2.11. The van der Waals surface area contributed by atoms with Gasteiger partial charge in [0.15, 0.2) is 0 Å². The number of nitrogens with zero attached hydrogens (tertiary/aromatic N) is 1. The molecule has 0 atom stereocenters. The maximum atomic E-state index is 12.3. The van der Waals surface area contributed by atoms with E-state index in [0.29, 0.717) is 26.1 Å². The highest BCUT2D eigenvalue weighted by atomic mass is 16.5. The number of methoxy groups -OCH3 is 1. The number of carbonyl (C=O) groups excluding carboxylic acids is 2. The molecule has 0 bridgehead atoms. The zero-order valence-electron chi connectivity index (χ0n) is 15.9. The van der Waals surface area contributed by atoms with Crippen molar-refractivity contribution in [2.45, 2.75) is 19.9 Å². The van der Waals surface area contributed by atoms with E-state index in [-0.39, 0.29) is 18.5 Å². The van der Waals surface area contributed by atoms with Crippen molar-refractivity contribution >= 4 is 11.9 Å². The van der Waals surface area contributed by atoms with E-state index in [1.165, 1.54) is 0 Å². The molecule has 0 spiro atoms. The number of hydrogen-bond donors (Lipinski definition) is 2. The van der Waals surface area contributed by atoms with Crippen LogP contribution in [0.4, 0.5) is 4.79 Å². The summed E-state index contributed by atoms with van der Waals surface area (Å²) < 4.78 is 5.12. The molecule has 0 radical (unpaired) electrons. The summed E-state index contributed by atoms with van der Waals surface area (Å²) in [5.74, 6) is 0.700. The second-order valence-corrected chi connectivity index (χ2v) is 6.10. The number of ether oxygens (including phenoxy) is 1. The van der Waals surface area contributed by atoms with Gasteiger partial charge < -0.3 is 20.3 Å². The van der Waals surface area contributed by atoms with Gasteiger partial charge in [-0.1, -0.05) is 42.5 Å². The number of likely N-dealkylation sites (N-methyl/N-ethyl adjacent to an activating group) is 1. The molecule has 2 rings (SSSR count). The van der Waals surface area contributed by atoms with E-state index in [4.69, 9.17) is 4.74 Å². The minimum Gasteiger partial charge on any atom is -0.497 e. The Morgan fingerprint density at radius 3 is 2.30 bits per heavy atom. The number of rotatable bonds is 9. The van der Waals surface area contributed by atoms with Gasteiger partial charge in [0, 0.05) is 19.6 Å². The Hall–Kier alpha value is -3.02. The fraction of sp³-hybridized carbons (Fsp3) is 0.333. The Bertz CT molecular complexity index is 717. The van der Waals surface area contributed by atoms with Crippen molar-refractivity contribution < 1.29 is 14.3 Å². The van der Waals surface area contributed by atoms with Crippen LogP contribution in [0.2, 0.25) is 0 Å². The summed E-state index contributed by atoms with van der Waals surface area (Å²) in [4.78, 5) is 25.9. The molecule has 0 heterocycles. The molecule has 144 valence electrons. The number of nitrogens with one attached hydrogen (secondary N) is 2. The van der Waals surface area contributed by atoms with Crippen LogP contribution in [0.1, 0.15) is 18.1 Å². The van der Waals surface area contributed by atoms with Gasteiger partial charge in [0.1, 0.15) is 5.75 Å². The molecule has 2 aromatic carbocycles. The average Bonchev–Trinajstić information content (AvgIpc) is 2.71. The quantitative estimate of drug-likeness (QED) is 0.714. The largest absolute Gasteiger partial charge is 0.497 e. The molecule has 2 aromatic rings. The van der Waals surface area contributed by atoms with Gasteiger partial charge in [0.2, 0.25) is 5.91 Å². The second kappa shape index (κ2) is 10.9. The van der Waals surface area contributed by atoms with Crippen LogP contribution in [0.15, 0.2) is 54.6 Å². The van der Waals surface area contributed by atoms with Crippen molar-refractivity contribution in [1.29, 1.82) is 0 Å². The molecule has 0 aliphatic carbocycles. The molecule has 0 unspecified atom stereocenters. The molecule has 6 nitrogen and oxygen atoms in total. The molecular formula is C21H27N3O3. The number of hydrogen-bond acceptors (Lipinski definition) is 3. The topological polar surface area (TPSA) is 70.7 Å². The van der Waals surface area contributed by atoms with Crippen LogP contribution in [0.3, 0.4) is 0 Å². The van der Waals surface area contributed by atoms with Gasteiger partial charge in [-0.25, -0.2) is 4.79 Å². The first-order chi connectivity index (χ1) is 13.1. The van der Waals surface area contributed by atoms with E-state index in [9.17, 15) is 9.59 Å². The van der Waals surface area contributed by atoms with Gasteiger partial charge in [-0.2, -0.15) is 0 Å². The van der Waals surface area contributed by atoms with Crippen LogP contribution >= 0.6 is 0 Å². The molecule has 6 heteroatoms. The van der Waals surface area contributed by atoms with E-state index in [0.717, 1.165) is 16.9 Å². The van der Waals surface area contributed by atoms with Crippen molar-refractivity contribution in [3.63, 3.8) is 0 Å². The van der Waals surface area contributed by atoms with E-state index < -0.39 is 0 Å². The van der Waals surface area contributed by atoms with Crippen LogP contribution in [-0.2, 0) is 17.8 Å². The first-order valence-corrected chi connectivity index (χ1v) is 9.08. The maximum Gasteiger partial charge on any atom is 0.315 e. The molecular weight excluding hydrogens is 342 g/mol. The predicted molar refractivity (Wildman–Crippen MR) is 106 cm³/mol. The average molecular weight is 369 g/mol. The molecule has 0 aliphatic rings. The minimum atomic E-state index is -0.340. The third-order valence-electron chi connectivity index (χ3n) is 4.21. The fourth-order valence-corrected chi connectivity index (χ4v) is 2.62. The Morgan fingerprint density at radius 1 is 0.963 bits per heavy atom. The Morgan fingerprint density at radius 2 is 1.67 bits per heavy atom. The lowest BCUT2D eigenvalue weighted by atomic mass is 10.1. The number of urea groups is 1. The van der Waals surface area contributed by atoms with Gasteiger partial charge >= 0.3 is 6.03 Å². The van der Waals surface area contributed by atoms with E-state index >= 15 is 0 Å². The first-order valence-electron chi connectivity index (χ1n) is 9.08.